The number of hydrogen-bond acceptors (Lipinski definition) is 10. The number of rotatable bonds is 3. The Balaban J connectivity index is -0.000000146. The quantitative estimate of drug-likeness (QED) is 0.109. The second-order valence-corrected chi connectivity index (χ2v) is 10.3. The second kappa shape index (κ2) is 20.8. The molecule has 0 bridgehead atoms. The van der Waals surface area contributed by atoms with Gasteiger partial charge < -0.3 is 55.0 Å². The molecule has 0 aliphatic heterocycles. The Morgan fingerprint density at radius 2 is 1.32 bits per heavy atom. The Bertz CT molecular complexity index is 1160. The van der Waals surface area contributed by atoms with E-state index >= 15 is 0 Å². The Kier molecular flexibility index (Phi) is 24.2. The number of aliphatic carboxylic acids is 1. The minimum absolute atomic E-state index is 0. The first-order chi connectivity index (χ1) is 16.9. The van der Waals surface area contributed by atoms with Gasteiger partial charge in [-0.2, -0.15) is 0 Å². The Hall–Kier alpha value is -3.05. The second-order valence-electron chi connectivity index (χ2n) is 10.3. The van der Waals surface area contributed by atoms with Gasteiger partial charge in [0.05, 0.1) is 11.1 Å². The normalized spacial score (nSPS) is 9.95. The summed E-state index contributed by atoms with van der Waals surface area (Å²) in [7, 11) is 0. The van der Waals surface area contributed by atoms with Crippen molar-refractivity contribution in [3.05, 3.63) is 64.8 Å². The Morgan fingerprint density at radius 1 is 0.902 bits per heavy atom. The maximum absolute atomic E-state index is 10.2. The largest absolute Gasteiger partial charge is 4.00 e. The summed E-state index contributed by atoms with van der Waals surface area (Å²) in [4.78, 5) is 26.4. The van der Waals surface area contributed by atoms with E-state index in [0.717, 1.165) is 5.52 Å². The van der Waals surface area contributed by atoms with Crippen LogP contribution in [-0.4, -0.2) is 32.9 Å². The van der Waals surface area contributed by atoms with Crippen molar-refractivity contribution in [3.63, 3.8) is 0 Å². The molecule has 0 saturated heterocycles. The van der Waals surface area contributed by atoms with Gasteiger partial charge in [0, 0.05) is 28.4 Å². The van der Waals surface area contributed by atoms with E-state index < -0.39 is 28.1 Å². The number of carbonyl (C=O) groups excluding carboxylic acids is 1. The molecular formula is C27H42ClN5O7Pt. The fourth-order valence-electron chi connectivity index (χ4n) is 2.35. The van der Waals surface area contributed by atoms with Gasteiger partial charge in [0.2, 0.25) is 0 Å². The van der Waals surface area contributed by atoms with Gasteiger partial charge in [-0.1, -0.05) is 84.0 Å². The van der Waals surface area contributed by atoms with Crippen LogP contribution < -0.4 is 40.0 Å². The SMILES string of the molecule is CC(C)(C)C(C)(C)N=C([O-])[O-].CCC(C)(C)C(=O)[O-].N.N.O=[N+]([O-])O.[Cl-].[Pt+4].c1ccc2c(c1)cnc1ccccc12. The van der Waals surface area contributed by atoms with E-state index in [1.54, 1.807) is 27.7 Å². The molecule has 12 nitrogen and oxygen atoms in total. The summed E-state index contributed by atoms with van der Waals surface area (Å²) in [6.45, 7) is 14.5. The summed E-state index contributed by atoms with van der Waals surface area (Å²) in [5, 5.41) is 47.9. The minimum Gasteiger partial charge on any atom is -1.00 e. The number of carbonyl (C=O) groups is 1. The number of aliphatic imine (C=N–C) groups is 1. The number of benzene rings is 2. The van der Waals surface area contributed by atoms with Crippen molar-refractivity contribution in [1.82, 2.24) is 17.3 Å². The maximum atomic E-state index is 10.2. The number of halogens is 1. The van der Waals surface area contributed by atoms with Gasteiger partial charge in [0.15, 0.2) is 0 Å². The Labute approximate surface area is 262 Å². The fourth-order valence-corrected chi connectivity index (χ4v) is 2.35. The molecule has 0 unspecified atom stereocenters. The van der Waals surface area contributed by atoms with Crippen LogP contribution >= 0.6 is 0 Å². The average molecular weight is 779 g/mol. The molecule has 0 spiro atoms. The van der Waals surface area contributed by atoms with Crippen molar-refractivity contribution >= 4 is 33.7 Å². The van der Waals surface area contributed by atoms with Crippen LogP contribution in [0.2, 0.25) is 0 Å². The summed E-state index contributed by atoms with van der Waals surface area (Å²) in [5.41, 5.74) is -0.329. The summed E-state index contributed by atoms with van der Waals surface area (Å²) in [5.74, 6) is -0.972. The van der Waals surface area contributed by atoms with Crippen LogP contribution in [0.5, 0.6) is 0 Å². The minimum atomic E-state index is -1.50. The van der Waals surface area contributed by atoms with Crippen LogP contribution in [0.1, 0.15) is 61.8 Å². The van der Waals surface area contributed by atoms with Gasteiger partial charge in [0.25, 0.3) is 5.09 Å². The summed E-state index contributed by atoms with van der Waals surface area (Å²) in [6.07, 6.45) is 1.21. The van der Waals surface area contributed by atoms with Crippen LogP contribution in [0.3, 0.4) is 0 Å². The molecule has 1 heterocycles. The third kappa shape index (κ3) is 17.4. The molecule has 14 heteroatoms. The first-order valence-corrected chi connectivity index (χ1v) is 11.6. The van der Waals surface area contributed by atoms with E-state index in [2.05, 4.69) is 40.3 Å². The zero-order chi connectivity index (χ0) is 29.0. The molecule has 0 aliphatic rings. The predicted molar refractivity (Wildman–Crippen MR) is 148 cm³/mol. The van der Waals surface area contributed by atoms with Crippen LogP contribution in [-0.2, 0) is 25.9 Å². The molecule has 0 saturated carbocycles. The molecule has 234 valence electrons. The molecule has 0 amide bonds. The monoisotopic (exact) mass is 778 g/mol. The zero-order valence-electron chi connectivity index (χ0n) is 24.8. The molecular weight excluding hydrogens is 737 g/mol. The number of fused-ring (bicyclic) bond motifs is 3. The number of carboxylic acid groups (broad SMARTS) is 1. The van der Waals surface area contributed by atoms with Gasteiger partial charge in [-0.15, -0.1) is 16.2 Å². The summed E-state index contributed by atoms with van der Waals surface area (Å²) < 4.78 is 0. The molecule has 1 aromatic heterocycles. The first kappa shape index (κ1) is 47.7. The summed E-state index contributed by atoms with van der Waals surface area (Å²) in [6, 6.07) is 16.6. The van der Waals surface area contributed by atoms with Gasteiger partial charge in [-0.3, -0.25) is 4.98 Å². The molecule has 3 aromatic rings. The van der Waals surface area contributed by atoms with Crippen molar-refractivity contribution in [2.24, 2.45) is 15.8 Å². The van der Waals surface area contributed by atoms with E-state index in [4.69, 9.17) is 15.3 Å². The predicted octanol–water partition coefficient (Wildman–Crippen LogP) is 0.426. The van der Waals surface area contributed by atoms with E-state index in [1.807, 2.05) is 52.1 Å². The molecule has 41 heavy (non-hydrogen) atoms. The van der Waals surface area contributed by atoms with E-state index in [0.29, 0.717) is 6.42 Å². The molecule has 0 fully saturated rings. The van der Waals surface area contributed by atoms with Gasteiger partial charge in [0.1, 0.15) is 0 Å². The van der Waals surface area contributed by atoms with Crippen LogP contribution in [0, 0.1) is 20.9 Å². The number of carboxylic acids is 1. The van der Waals surface area contributed by atoms with E-state index in [1.165, 1.54) is 16.2 Å². The van der Waals surface area contributed by atoms with Gasteiger partial charge >= 0.3 is 21.1 Å². The standard InChI is InChI=1S/C13H9N.C8H17NO2.C6H12O2.ClH.HNO3.2H3N.Pt/c1-2-6-11-10(5-1)9-14-13-8-4-3-7-12(11)13;1-7(2,3)8(4,5)9-6(10)11;1-4-6(2,3)5(7)8;;2-1(3)4;;;/h1-9H;1-5H3,(H2,9,10,11);4H2,1-3H3,(H,7,8);1H;(H,2,3,4);2*1H3;/q;;;;;;;+4/p-4. The number of nitrogens with zero attached hydrogens (tertiary/aromatic N) is 3. The maximum Gasteiger partial charge on any atom is 4.00 e. The number of hydrogen-bond donors (Lipinski definition) is 3. The third-order valence-corrected chi connectivity index (χ3v) is 6.14. The molecule has 0 atom stereocenters. The van der Waals surface area contributed by atoms with Crippen molar-refractivity contribution in [1.29, 1.82) is 0 Å². The van der Waals surface area contributed by atoms with Crippen LogP contribution in [0.25, 0.3) is 21.7 Å². The van der Waals surface area contributed by atoms with Crippen LogP contribution in [0.4, 0.5) is 0 Å². The van der Waals surface area contributed by atoms with Crippen molar-refractivity contribution in [2.75, 3.05) is 0 Å². The number of pyridine rings is 1. The van der Waals surface area contributed by atoms with Gasteiger partial charge in [-0.25, -0.2) is 0 Å². The topological polar surface area (TPSA) is 245 Å². The average Bonchev–Trinajstić information content (AvgIpc) is 2.78. The smallest absolute Gasteiger partial charge is 1.00 e. The molecule has 3 rings (SSSR count). The Morgan fingerprint density at radius 3 is 1.66 bits per heavy atom. The third-order valence-electron chi connectivity index (χ3n) is 6.14. The van der Waals surface area contributed by atoms with Crippen molar-refractivity contribution in [2.45, 2.75) is 67.3 Å². The fraction of sp³-hybridized carbons (Fsp3) is 0.444. The van der Waals surface area contributed by atoms with E-state index in [-0.39, 0.29) is 51.2 Å². The van der Waals surface area contributed by atoms with Crippen molar-refractivity contribution < 1.29 is 63.9 Å². The summed E-state index contributed by atoms with van der Waals surface area (Å²) >= 11 is 0. The zero-order valence-corrected chi connectivity index (χ0v) is 27.8. The molecule has 0 aliphatic carbocycles. The van der Waals surface area contributed by atoms with Crippen LogP contribution in [0.15, 0.2) is 59.7 Å². The van der Waals surface area contributed by atoms with Gasteiger partial charge in [-0.05, 0) is 37.1 Å². The number of para-hydroxylation sites is 1. The first-order valence-electron chi connectivity index (χ1n) is 11.6. The van der Waals surface area contributed by atoms with E-state index in [9.17, 15) is 20.1 Å². The molecule has 7 N–H and O–H groups in total. The number of aromatic nitrogens is 1. The molecule has 2 aromatic carbocycles. The molecule has 0 radical (unpaired) electrons. The van der Waals surface area contributed by atoms with Crippen molar-refractivity contribution in [3.8, 4) is 0 Å².